The molecule has 3 heterocycles. The van der Waals surface area contributed by atoms with Crippen molar-refractivity contribution in [2.45, 2.75) is 25.3 Å². The highest BCUT2D eigenvalue weighted by Crippen LogP contribution is 2.40. The number of carboxylic acids is 1. The zero-order valence-corrected chi connectivity index (χ0v) is 20.4. The van der Waals surface area contributed by atoms with Crippen LogP contribution in [0.1, 0.15) is 19.5 Å². The Morgan fingerprint density at radius 3 is 2.64 bits per heavy atom. The summed E-state index contributed by atoms with van der Waals surface area (Å²) in [7, 11) is 0. The van der Waals surface area contributed by atoms with Crippen molar-refractivity contribution in [3.63, 3.8) is 0 Å². The fourth-order valence-electron chi connectivity index (χ4n) is 3.20. The van der Waals surface area contributed by atoms with E-state index in [-0.39, 0.29) is 35.4 Å². The number of carboxylic acid groups (broad SMARTS) is 1. The largest absolute Gasteiger partial charge is 0.477 e. The summed E-state index contributed by atoms with van der Waals surface area (Å²) in [6, 6.07) is -1.19. The van der Waals surface area contributed by atoms with Gasteiger partial charge in [-0.2, -0.15) is 4.39 Å². The highest BCUT2D eigenvalue weighted by atomic mass is 32.2. The van der Waals surface area contributed by atoms with E-state index >= 15 is 0 Å². The summed E-state index contributed by atoms with van der Waals surface area (Å²) >= 11 is 1.56. The minimum atomic E-state index is -1.41. The zero-order valence-electron chi connectivity index (χ0n) is 18.8. The van der Waals surface area contributed by atoms with Crippen molar-refractivity contribution in [1.29, 1.82) is 0 Å². The van der Waals surface area contributed by atoms with Gasteiger partial charge in [0.1, 0.15) is 29.4 Å². The van der Waals surface area contributed by atoms with Crippen LogP contribution in [-0.4, -0.2) is 87.4 Å². The number of ether oxygens (including phenoxy) is 2. The van der Waals surface area contributed by atoms with Crippen LogP contribution < -0.4 is 11.1 Å². The molecular formula is C19H20FN5O9S2. The molecule has 17 heteroatoms. The topological polar surface area (TPSA) is 200 Å². The minimum absolute atomic E-state index is 0.0746. The van der Waals surface area contributed by atoms with E-state index in [1.54, 1.807) is 6.92 Å². The lowest BCUT2D eigenvalue weighted by Crippen LogP contribution is -2.71. The van der Waals surface area contributed by atoms with Crippen molar-refractivity contribution < 1.29 is 47.8 Å². The van der Waals surface area contributed by atoms with Crippen molar-refractivity contribution in [3.8, 4) is 0 Å². The van der Waals surface area contributed by atoms with E-state index in [4.69, 9.17) is 15.3 Å². The maximum atomic E-state index is 14.3. The third kappa shape index (κ3) is 5.73. The van der Waals surface area contributed by atoms with E-state index in [1.165, 1.54) is 0 Å². The Morgan fingerprint density at radius 2 is 2.06 bits per heavy atom. The molecule has 1 aromatic heterocycles. The minimum Gasteiger partial charge on any atom is -0.477 e. The number of nitrogens with one attached hydrogen (secondary N) is 1. The number of thiazole rings is 1. The number of nitrogen functional groups attached to an aromatic ring is 1. The van der Waals surface area contributed by atoms with Crippen LogP contribution >= 0.6 is 23.1 Å². The number of nitrogens with two attached hydrogens (primary N) is 1. The number of anilines is 1. The number of rotatable bonds is 10. The standard InChI is InChI=1S/C19H20FN5O9S2/c1-3-32-9(27)5-34-24-11(10-14(20)36-19(21)23-10)15(28)22-12-16(29)25-13(18(30)31)8(4-33-7(2)26)6-35-17(12)25/h12,17H,3-6H2,1-2H3,(H2,21,23)(H,22,28)(H,30,31)/t12-,17-/m1/s1. The molecule has 2 aliphatic heterocycles. The number of hydrogen-bond acceptors (Lipinski definition) is 13. The van der Waals surface area contributed by atoms with E-state index in [0.29, 0.717) is 11.3 Å². The number of aliphatic carboxylic acids is 1. The number of amides is 2. The van der Waals surface area contributed by atoms with Crippen molar-refractivity contribution >= 4 is 63.7 Å². The summed E-state index contributed by atoms with van der Waals surface area (Å²) in [6.07, 6.45) is 0. The van der Waals surface area contributed by atoms with Gasteiger partial charge in [0.25, 0.3) is 11.8 Å². The number of fused-ring (bicyclic) bond motifs is 1. The van der Waals surface area contributed by atoms with Gasteiger partial charge in [-0.15, -0.1) is 11.8 Å². The average Bonchev–Trinajstić information content (AvgIpc) is 3.15. The van der Waals surface area contributed by atoms with Crippen LogP contribution in [0.5, 0.6) is 0 Å². The molecule has 14 nitrogen and oxygen atoms in total. The Balaban J connectivity index is 1.79. The number of oxime groups is 1. The van der Waals surface area contributed by atoms with E-state index < -0.39 is 64.3 Å². The Labute approximate surface area is 210 Å². The quantitative estimate of drug-likeness (QED) is 0.147. The normalized spacial score (nSPS) is 19.2. The van der Waals surface area contributed by atoms with Gasteiger partial charge in [-0.25, -0.2) is 14.6 Å². The van der Waals surface area contributed by atoms with Crippen LogP contribution in [0.15, 0.2) is 16.4 Å². The summed E-state index contributed by atoms with van der Waals surface area (Å²) in [5.74, 6) is -4.55. The van der Waals surface area contributed by atoms with Gasteiger partial charge in [0.2, 0.25) is 11.7 Å². The van der Waals surface area contributed by atoms with E-state index in [1.807, 2.05) is 0 Å². The van der Waals surface area contributed by atoms with Gasteiger partial charge >= 0.3 is 17.9 Å². The molecule has 0 saturated carbocycles. The van der Waals surface area contributed by atoms with Crippen LogP contribution in [0.3, 0.4) is 0 Å². The van der Waals surface area contributed by atoms with Gasteiger partial charge in [0.15, 0.2) is 10.8 Å². The molecule has 1 aromatic rings. The molecule has 2 aliphatic rings. The number of carbonyl (C=O) groups excluding carboxylic acids is 4. The molecule has 0 aromatic carbocycles. The average molecular weight is 546 g/mol. The van der Waals surface area contributed by atoms with E-state index in [2.05, 4.69) is 20.2 Å². The lowest BCUT2D eigenvalue weighted by Gasteiger charge is -2.49. The number of hydrogen-bond donors (Lipinski definition) is 3. The first-order chi connectivity index (χ1) is 17.0. The predicted molar refractivity (Wildman–Crippen MR) is 122 cm³/mol. The number of nitrogens with zero attached hydrogens (tertiary/aromatic N) is 3. The van der Waals surface area contributed by atoms with Gasteiger partial charge in [-0.3, -0.25) is 19.3 Å². The number of halogens is 1. The Hall–Kier alpha value is -3.73. The highest BCUT2D eigenvalue weighted by Gasteiger charge is 2.54. The zero-order chi connectivity index (χ0) is 26.6. The van der Waals surface area contributed by atoms with Crippen LogP contribution in [0.4, 0.5) is 9.52 Å². The van der Waals surface area contributed by atoms with Crippen LogP contribution in [-0.2, 0) is 38.3 Å². The second kappa shape index (κ2) is 11.3. The monoisotopic (exact) mass is 545 g/mol. The Morgan fingerprint density at radius 1 is 1.33 bits per heavy atom. The van der Waals surface area contributed by atoms with Crippen LogP contribution in [0.2, 0.25) is 0 Å². The van der Waals surface area contributed by atoms with Crippen molar-refractivity contribution in [1.82, 2.24) is 15.2 Å². The van der Waals surface area contributed by atoms with Crippen molar-refractivity contribution in [2.24, 2.45) is 5.16 Å². The molecule has 0 unspecified atom stereocenters. The van der Waals surface area contributed by atoms with Gasteiger partial charge in [-0.05, 0) is 6.92 Å². The van der Waals surface area contributed by atoms with Gasteiger partial charge in [0.05, 0.1) is 6.61 Å². The second-order valence-corrected chi connectivity index (χ2v) is 9.18. The Bertz CT molecular complexity index is 1170. The first-order valence-corrected chi connectivity index (χ1v) is 12.0. The van der Waals surface area contributed by atoms with Crippen molar-refractivity contribution in [2.75, 3.05) is 31.3 Å². The summed E-state index contributed by atoms with van der Waals surface area (Å²) in [4.78, 5) is 69.6. The van der Waals surface area contributed by atoms with Gasteiger partial charge in [-0.1, -0.05) is 16.5 Å². The second-order valence-electron chi connectivity index (χ2n) is 7.09. The Kier molecular flexibility index (Phi) is 8.46. The molecule has 0 aliphatic carbocycles. The molecule has 0 spiro atoms. The molecule has 2 amide bonds. The number of esters is 2. The van der Waals surface area contributed by atoms with E-state index in [9.17, 15) is 33.5 Å². The van der Waals surface area contributed by atoms with Crippen LogP contribution in [0, 0.1) is 5.13 Å². The molecule has 4 N–H and O–H groups in total. The molecular weight excluding hydrogens is 525 g/mol. The third-order valence-electron chi connectivity index (χ3n) is 4.67. The van der Waals surface area contributed by atoms with Gasteiger partial charge < -0.3 is 30.5 Å². The lowest BCUT2D eigenvalue weighted by molar-refractivity contribution is -0.150. The lowest BCUT2D eigenvalue weighted by atomic mass is 10.0. The predicted octanol–water partition coefficient (Wildman–Crippen LogP) is -0.550. The molecule has 36 heavy (non-hydrogen) atoms. The third-order valence-corrected chi connectivity index (χ3v) is 6.68. The molecule has 2 atom stereocenters. The molecule has 0 bridgehead atoms. The highest BCUT2D eigenvalue weighted by molar-refractivity contribution is 8.00. The SMILES string of the molecule is CCOC(=O)CON=C(C(=O)N[C@@H]1C(=O)N2C(C(=O)O)=C(COC(C)=O)CS[C@H]12)c1nc(N)sc1F. The van der Waals surface area contributed by atoms with Crippen LogP contribution in [0.25, 0.3) is 0 Å². The van der Waals surface area contributed by atoms with E-state index in [0.717, 1.165) is 23.6 Å². The summed E-state index contributed by atoms with van der Waals surface area (Å²) < 4.78 is 23.8. The summed E-state index contributed by atoms with van der Waals surface area (Å²) in [6.45, 7) is 1.81. The maximum Gasteiger partial charge on any atom is 0.352 e. The first-order valence-electron chi connectivity index (χ1n) is 10.2. The molecule has 1 fully saturated rings. The summed E-state index contributed by atoms with van der Waals surface area (Å²) in [5, 5.41) is 13.5. The number of thioether (sulfide) groups is 1. The smallest absolute Gasteiger partial charge is 0.352 e. The summed E-state index contributed by atoms with van der Waals surface area (Å²) in [5.41, 5.74) is 4.10. The fraction of sp³-hybridized carbons (Fsp3) is 0.421. The van der Waals surface area contributed by atoms with Gasteiger partial charge in [0, 0.05) is 18.2 Å². The molecule has 1 saturated heterocycles. The first kappa shape index (κ1) is 26.9. The molecule has 194 valence electrons. The number of aromatic nitrogens is 1. The maximum absolute atomic E-state index is 14.3. The number of carbonyl (C=O) groups is 5. The fourth-order valence-corrected chi connectivity index (χ4v) is 5.09. The molecule has 0 radical (unpaired) electrons. The number of β-lactam (4-membered cyclic amide) rings is 1. The molecule has 3 rings (SSSR count). The van der Waals surface area contributed by atoms with Crippen molar-refractivity contribution in [3.05, 3.63) is 22.1 Å².